The summed E-state index contributed by atoms with van der Waals surface area (Å²) in [5.41, 5.74) is -0.333. The van der Waals surface area contributed by atoms with Gasteiger partial charge in [0, 0.05) is 18.3 Å². The van der Waals surface area contributed by atoms with Crippen molar-refractivity contribution in [2.24, 2.45) is 10.8 Å². The lowest BCUT2D eigenvalue weighted by atomic mass is 9.70. The van der Waals surface area contributed by atoms with Crippen molar-refractivity contribution in [3.05, 3.63) is 0 Å². The van der Waals surface area contributed by atoms with Gasteiger partial charge in [0.05, 0.1) is 5.41 Å². The van der Waals surface area contributed by atoms with Crippen LogP contribution in [0.1, 0.15) is 39.5 Å². The summed E-state index contributed by atoms with van der Waals surface area (Å²) >= 11 is 3.51. The number of nitrogens with zero attached hydrogens (tertiary/aromatic N) is 1. The third-order valence-electron chi connectivity index (χ3n) is 3.91. The molecule has 90 valence electrons. The minimum atomic E-state index is -0.492. The minimum Gasteiger partial charge on any atom is -0.282 e. The van der Waals surface area contributed by atoms with Crippen molar-refractivity contribution in [2.75, 3.05) is 11.9 Å². The molecule has 3 nitrogen and oxygen atoms in total. The van der Waals surface area contributed by atoms with Crippen LogP contribution in [-0.2, 0) is 9.59 Å². The highest BCUT2D eigenvalue weighted by molar-refractivity contribution is 9.09. The van der Waals surface area contributed by atoms with Gasteiger partial charge in [-0.15, -0.1) is 0 Å². The van der Waals surface area contributed by atoms with Crippen LogP contribution in [0.15, 0.2) is 0 Å². The average Bonchev–Trinajstić information content (AvgIpc) is 2.32. The van der Waals surface area contributed by atoms with Crippen molar-refractivity contribution < 1.29 is 9.59 Å². The van der Waals surface area contributed by atoms with Crippen LogP contribution in [0.3, 0.4) is 0 Å². The molecule has 0 bridgehead atoms. The molecular weight excluding hydrogens is 270 g/mol. The van der Waals surface area contributed by atoms with E-state index in [2.05, 4.69) is 15.9 Å². The zero-order valence-corrected chi connectivity index (χ0v) is 11.5. The fraction of sp³-hybridized carbons (Fsp3) is 0.833. The number of carbonyl (C=O) groups is 2. The highest BCUT2D eigenvalue weighted by atomic mass is 79.9. The molecule has 2 rings (SSSR count). The van der Waals surface area contributed by atoms with Crippen LogP contribution >= 0.6 is 15.9 Å². The van der Waals surface area contributed by atoms with Crippen LogP contribution in [0.25, 0.3) is 0 Å². The average molecular weight is 288 g/mol. The summed E-state index contributed by atoms with van der Waals surface area (Å²) in [6.07, 6.45) is 3.82. The second-order valence-corrected chi connectivity index (χ2v) is 6.39. The van der Waals surface area contributed by atoms with Crippen molar-refractivity contribution in [3.63, 3.8) is 0 Å². The number of amides is 2. The molecule has 0 unspecified atom stereocenters. The van der Waals surface area contributed by atoms with Crippen LogP contribution in [0.2, 0.25) is 0 Å². The van der Waals surface area contributed by atoms with Gasteiger partial charge in [0.2, 0.25) is 11.8 Å². The molecule has 0 radical (unpaired) electrons. The zero-order valence-electron chi connectivity index (χ0n) is 9.88. The molecule has 0 aromatic heterocycles. The van der Waals surface area contributed by atoms with Gasteiger partial charge in [-0.1, -0.05) is 36.2 Å². The molecule has 4 heteroatoms. The Morgan fingerprint density at radius 2 is 1.94 bits per heavy atom. The maximum atomic E-state index is 12.1. The number of imide groups is 1. The monoisotopic (exact) mass is 287 g/mol. The molecule has 1 heterocycles. The summed E-state index contributed by atoms with van der Waals surface area (Å²) < 4.78 is 0. The number of likely N-dealkylation sites (tertiary alicyclic amines) is 1. The molecular formula is C12H18BrNO2. The number of hydrogen-bond acceptors (Lipinski definition) is 2. The lowest BCUT2D eigenvalue weighted by molar-refractivity contribution is -0.143. The predicted octanol–water partition coefficient (Wildman–Crippen LogP) is 2.34. The van der Waals surface area contributed by atoms with Gasteiger partial charge in [0.1, 0.15) is 0 Å². The molecule has 0 N–H and O–H groups in total. The molecule has 1 saturated carbocycles. The van der Waals surface area contributed by atoms with Crippen LogP contribution in [-0.4, -0.2) is 28.6 Å². The van der Waals surface area contributed by atoms with Crippen molar-refractivity contribution in [2.45, 2.75) is 39.5 Å². The van der Waals surface area contributed by atoms with Gasteiger partial charge in [-0.05, 0) is 18.3 Å². The van der Waals surface area contributed by atoms with E-state index in [9.17, 15) is 9.59 Å². The van der Waals surface area contributed by atoms with E-state index >= 15 is 0 Å². The van der Waals surface area contributed by atoms with Gasteiger partial charge >= 0.3 is 0 Å². The van der Waals surface area contributed by atoms with E-state index in [1.165, 1.54) is 11.3 Å². The molecule has 1 aliphatic heterocycles. The van der Waals surface area contributed by atoms with Gasteiger partial charge in [0.15, 0.2) is 0 Å². The van der Waals surface area contributed by atoms with Crippen molar-refractivity contribution >= 4 is 27.7 Å². The first-order chi connectivity index (χ1) is 7.40. The second-order valence-electron chi connectivity index (χ2n) is 5.83. The molecule has 1 aliphatic carbocycles. The summed E-state index contributed by atoms with van der Waals surface area (Å²) in [7, 11) is 0. The molecule has 2 amide bonds. The van der Waals surface area contributed by atoms with E-state index < -0.39 is 5.41 Å². The smallest absolute Gasteiger partial charge is 0.235 e. The van der Waals surface area contributed by atoms with Crippen LogP contribution in [0.4, 0.5) is 0 Å². The van der Waals surface area contributed by atoms with E-state index in [1.807, 2.05) is 13.8 Å². The van der Waals surface area contributed by atoms with Gasteiger partial charge in [-0.3, -0.25) is 14.5 Å². The first kappa shape index (κ1) is 12.1. The van der Waals surface area contributed by atoms with E-state index in [4.69, 9.17) is 0 Å². The summed E-state index contributed by atoms with van der Waals surface area (Å²) in [6.45, 7) is 4.32. The summed E-state index contributed by atoms with van der Waals surface area (Å²) in [4.78, 5) is 25.4. The number of carbonyl (C=O) groups excluding carboxylic acids is 2. The summed E-state index contributed by atoms with van der Waals surface area (Å²) in [5.74, 6) is 0.00644. The Bertz CT molecular complexity index is 328. The van der Waals surface area contributed by atoms with Crippen molar-refractivity contribution in [3.8, 4) is 0 Å². The molecule has 1 saturated heterocycles. The van der Waals surface area contributed by atoms with E-state index in [1.54, 1.807) is 0 Å². The normalized spacial score (nSPS) is 27.1. The number of halogens is 1. The first-order valence-electron chi connectivity index (χ1n) is 5.81. The Labute approximate surface area is 105 Å². The topological polar surface area (TPSA) is 37.4 Å². The fourth-order valence-electron chi connectivity index (χ4n) is 2.53. The zero-order chi connectivity index (χ0) is 12.0. The molecule has 0 atom stereocenters. The van der Waals surface area contributed by atoms with E-state index in [0.717, 1.165) is 18.2 Å². The van der Waals surface area contributed by atoms with Crippen molar-refractivity contribution in [1.82, 2.24) is 4.90 Å². The number of rotatable bonds is 3. The Morgan fingerprint density at radius 3 is 2.25 bits per heavy atom. The Balaban J connectivity index is 2.11. The van der Waals surface area contributed by atoms with E-state index in [0.29, 0.717) is 13.0 Å². The van der Waals surface area contributed by atoms with Gasteiger partial charge in [-0.25, -0.2) is 0 Å². The Morgan fingerprint density at radius 1 is 1.31 bits per heavy atom. The molecule has 0 aromatic carbocycles. The van der Waals surface area contributed by atoms with Crippen molar-refractivity contribution in [1.29, 1.82) is 0 Å². The third-order valence-corrected chi connectivity index (χ3v) is 5.10. The summed E-state index contributed by atoms with van der Waals surface area (Å²) in [5, 5.41) is 0.886. The van der Waals surface area contributed by atoms with Crippen LogP contribution in [0.5, 0.6) is 0 Å². The number of alkyl halides is 1. The predicted molar refractivity (Wildman–Crippen MR) is 65.2 cm³/mol. The largest absolute Gasteiger partial charge is 0.282 e. The standard InChI is InChI=1S/C12H18BrNO2/c1-11(2)6-9(15)14(10(11)16)8-12(7-13)4-3-5-12/h3-8H2,1-2H3. The third kappa shape index (κ3) is 1.81. The van der Waals surface area contributed by atoms with Gasteiger partial charge in [-0.2, -0.15) is 0 Å². The number of hydrogen-bond donors (Lipinski definition) is 0. The lowest BCUT2D eigenvalue weighted by Crippen LogP contribution is -2.46. The first-order valence-corrected chi connectivity index (χ1v) is 6.93. The SMILES string of the molecule is CC1(C)CC(=O)N(CC2(CBr)CCC2)C1=O. The maximum Gasteiger partial charge on any atom is 0.235 e. The summed E-state index contributed by atoms with van der Waals surface area (Å²) in [6, 6.07) is 0. The van der Waals surface area contributed by atoms with E-state index in [-0.39, 0.29) is 17.2 Å². The fourth-order valence-corrected chi connectivity index (χ4v) is 3.27. The Kier molecular flexibility index (Phi) is 2.89. The highest BCUT2D eigenvalue weighted by Crippen LogP contribution is 2.45. The van der Waals surface area contributed by atoms with Crippen LogP contribution in [0, 0.1) is 10.8 Å². The molecule has 16 heavy (non-hydrogen) atoms. The Hall–Kier alpha value is -0.380. The molecule has 2 aliphatic rings. The molecule has 0 aromatic rings. The second kappa shape index (κ2) is 3.83. The lowest BCUT2D eigenvalue weighted by Gasteiger charge is -2.42. The van der Waals surface area contributed by atoms with Gasteiger partial charge in [0.25, 0.3) is 0 Å². The van der Waals surface area contributed by atoms with Gasteiger partial charge < -0.3 is 0 Å². The molecule has 2 fully saturated rings. The van der Waals surface area contributed by atoms with Crippen LogP contribution < -0.4 is 0 Å². The quantitative estimate of drug-likeness (QED) is 0.590. The maximum absolute atomic E-state index is 12.1. The molecule has 0 spiro atoms. The minimum absolute atomic E-state index is 0.00206. The highest BCUT2D eigenvalue weighted by Gasteiger charge is 2.48.